The fourth-order valence-electron chi connectivity index (χ4n) is 1.23. The second-order valence-electron chi connectivity index (χ2n) is 4.04. The van der Waals surface area contributed by atoms with Crippen LogP contribution in [0.25, 0.3) is 0 Å². The molecule has 0 rings (SSSR count). The summed E-state index contributed by atoms with van der Waals surface area (Å²) in [5.41, 5.74) is -0.276. The van der Waals surface area contributed by atoms with E-state index in [9.17, 15) is 4.79 Å². The van der Waals surface area contributed by atoms with Gasteiger partial charge in [-0.3, -0.25) is 4.79 Å². The lowest BCUT2D eigenvalue weighted by Gasteiger charge is -2.24. The average molecular weight is 186 g/mol. The summed E-state index contributed by atoms with van der Waals surface area (Å²) in [6.45, 7) is 7.96. The number of unbranched alkanes of at least 4 members (excludes halogenated alkanes) is 2. The van der Waals surface area contributed by atoms with E-state index in [2.05, 4.69) is 6.92 Å². The lowest BCUT2D eigenvalue weighted by atomic mass is 10.0. The van der Waals surface area contributed by atoms with Crippen molar-refractivity contribution in [1.82, 2.24) is 0 Å². The molecule has 0 bridgehead atoms. The van der Waals surface area contributed by atoms with Crippen molar-refractivity contribution in [3.63, 3.8) is 0 Å². The number of ether oxygens (including phenoxy) is 1. The second-order valence-corrected chi connectivity index (χ2v) is 4.04. The summed E-state index contributed by atoms with van der Waals surface area (Å²) in [6.07, 6.45) is 5.00. The Kier molecular flexibility index (Phi) is 5.76. The Morgan fingerprint density at radius 3 is 2.31 bits per heavy atom. The zero-order chi connectivity index (χ0) is 10.3. The van der Waals surface area contributed by atoms with Gasteiger partial charge in [-0.1, -0.05) is 26.7 Å². The number of carbonyl (C=O) groups excluding carboxylic acids is 1. The Morgan fingerprint density at radius 1 is 1.23 bits per heavy atom. The standard InChI is InChI=1S/C11H22O2/c1-5-7-8-9-11(3,4)13-10(12)6-2/h5-9H2,1-4H3. The van der Waals surface area contributed by atoms with Gasteiger partial charge in [0.25, 0.3) is 0 Å². The second kappa shape index (κ2) is 6.01. The summed E-state index contributed by atoms with van der Waals surface area (Å²) in [5, 5.41) is 0. The molecule has 0 unspecified atom stereocenters. The number of carbonyl (C=O) groups is 1. The van der Waals surface area contributed by atoms with Gasteiger partial charge < -0.3 is 4.74 Å². The van der Waals surface area contributed by atoms with Crippen molar-refractivity contribution in [2.75, 3.05) is 0 Å². The van der Waals surface area contributed by atoms with E-state index in [1.54, 1.807) is 0 Å². The molecule has 0 N–H and O–H groups in total. The zero-order valence-corrected chi connectivity index (χ0v) is 9.35. The van der Waals surface area contributed by atoms with Gasteiger partial charge in [-0.15, -0.1) is 0 Å². The van der Waals surface area contributed by atoms with Gasteiger partial charge in [-0.05, 0) is 26.7 Å². The first kappa shape index (κ1) is 12.5. The summed E-state index contributed by atoms with van der Waals surface area (Å²) in [7, 11) is 0. The van der Waals surface area contributed by atoms with Crippen LogP contribution in [0.5, 0.6) is 0 Å². The molecular weight excluding hydrogens is 164 g/mol. The van der Waals surface area contributed by atoms with Gasteiger partial charge in [0.15, 0.2) is 0 Å². The fraction of sp³-hybridized carbons (Fsp3) is 0.909. The smallest absolute Gasteiger partial charge is 0.306 e. The molecule has 13 heavy (non-hydrogen) atoms. The predicted octanol–water partition coefficient (Wildman–Crippen LogP) is 3.30. The molecule has 0 saturated heterocycles. The molecule has 2 nitrogen and oxygen atoms in total. The molecule has 0 radical (unpaired) electrons. The van der Waals surface area contributed by atoms with Crippen LogP contribution in [0.2, 0.25) is 0 Å². The Morgan fingerprint density at radius 2 is 1.85 bits per heavy atom. The molecule has 78 valence electrons. The van der Waals surface area contributed by atoms with Gasteiger partial charge in [-0.25, -0.2) is 0 Å². The number of hydrogen-bond donors (Lipinski definition) is 0. The molecular formula is C11H22O2. The quantitative estimate of drug-likeness (QED) is 0.470. The van der Waals surface area contributed by atoms with E-state index in [1.807, 2.05) is 20.8 Å². The summed E-state index contributed by atoms with van der Waals surface area (Å²) in [6, 6.07) is 0. The zero-order valence-electron chi connectivity index (χ0n) is 9.35. The van der Waals surface area contributed by atoms with E-state index in [1.165, 1.54) is 12.8 Å². The normalized spacial score (nSPS) is 11.4. The number of esters is 1. The molecule has 0 fully saturated rings. The molecule has 0 spiro atoms. The van der Waals surface area contributed by atoms with Gasteiger partial charge >= 0.3 is 5.97 Å². The molecule has 0 heterocycles. The first-order chi connectivity index (χ1) is 6.02. The minimum absolute atomic E-state index is 0.0958. The highest BCUT2D eigenvalue weighted by Gasteiger charge is 2.20. The van der Waals surface area contributed by atoms with Gasteiger partial charge in [0.1, 0.15) is 5.60 Å². The first-order valence-corrected chi connectivity index (χ1v) is 5.23. The van der Waals surface area contributed by atoms with Crippen LogP contribution in [0.3, 0.4) is 0 Å². The van der Waals surface area contributed by atoms with E-state index in [4.69, 9.17) is 4.74 Å². The van der Waals surface area contributed by atoms with Crippen molar-refractivity contribution in [3.8, 4) is 0 Å². The Labute approximate surface area is 81.7 Å². The average Bonchev–Trinajstić information content (AvgIpc) is 2.03. The van der Waals surface area contributed by atoms with Crippen LogP contribution >= 0.6 is 0 Å². The van der Waals surface area contributed by atoms with E-state index in [-0.39, 0.29) is 11.6 Å². The maximum atomic E-state index is 11.0. The highest BCUT2D eigenvalue weighted by atomic mass is 16.6. The van der Waals surface area contributed by atoms with Crippen molar-refractivity contribution in [2.45, 2.75) is 65.4 Å². The monoisotopic (exact) mass is 186 g/mol. The largest absolute Gasteiger partial charge is 0.460 e. The highest BCUT2D eigenvalue weighted by Crippen LogP contribution is 2.19. The minimum atomic E-state index is -0.276. The maximum Gasteiger partial charge on any atom is 0.306 e. The van der Waals surface area contributed by atoms with Crippen molar-refractivity contribution in [1.29, 1.82) is 0 Å². The van der Waals surface area contributed by atoms with Gasteiger partial charge in [0, 0.05) is 6.42 Å². The van der Waals surface area contributed by atoms with Crippen molar-refractivity contribution in [3.05, 3.63) is 0 Å². The van der Waals surface area contributed by atoms with E-state index < -0.39 is 0 Å². The van der Waals surface area contributed by atoms with Crippen molar-refractivity contribution < 1.29 is 9.53 Å². The molecule has 0 aromatic rings. The Hall–Kier alpha value is -0.530. The van der Waals surface area contributed by atoms with Crippen LogP contribution in [-0.2, 0) is 9.53 Å². The van der Waals surface area contributed by atoms with Crippen LogP contribution < -0.4 is 0 Å². The van der Waals surface area contributed by atoms with E-state index in [0.29, 0.717) is 6.42 Å². The lowest BCUT2D eigenvalue weighted by Crippen LogP contribution is -2.27. The minimum Gasteiger partial charge on any atom is -0.460 e. The molecule has 0 atom stereocenters. The van der Waals surface area contributed by atoms with Crippen LogP contribution in [0, 0.1) is 0 Å². The third-order valence-electron chi connectivity index (χ3n) is 2.06. The van der Waals surface area contributed by atoms with Gasteiger partial charge in [0.2, 0.25) is 0 Å². The maximum absolute atomic E-state index is 11.0. The third-order valence-corrected chi connectivity index (χ3v) is 2.06. The summed E-state index contributed by atoms with van der Waals surface area (Å²) < 4.78 is 5.29. The molecule has 0 aliphatic carbocycles. The summed E-state index contributed by atoms with van der Waals surface area (Å²) >= 11 is 0. The Bertz CT molecular complexity index is 150. The lowest BCUT2D eigenvalue weighted by molar-refractivity contribution is -0.156. The molecule has 0 aliphatic heterocycles. The van der Waals surface area contributed by atoms with Crippen molar-refractivity contribution >= 4 is 5.97 Å². The van der Waals surface area contributed by atoms with Crippen molar-refractivity contribution in [2.24, 2.45) is 0 Å². The van der Waals surface area contributed by atoms with Gasteiger partial charge in [0.05, 0.1) is 0 Å². The van der Waals surface area contributed by atoms with Crippen LogP contribution in [0.4, 0.5) is 0 Å². The summed E-state index contributed by atoms with van der Waals surface area (Å²) in [5.74, 6) is -0.0958. The predicted molar refractivity (Wildman–Crippen MR) is 54.6 cm³/mol. The fourth-order valence-corrected chi connectivity index (χ4v) is 1.23. The number of rotatable bonds is 6. The van der Waals surface area contributed by atoms with Crippen LogP contribution in [0.1, 0.15) is 59.8 Å². The SMILES string of the molecule is CCCCCC(C)(C)OC(=O)CC. The molecule has 0 aromatic heterocycles. The molecule has 0 aromatic carbocycles. The Balaban J connectivity index is 3.72. The highest BCUT2D eigenvalue weighted by molar-refractivity contribution is 5.69. The molecule has 0 aliphatic rings. The first-order valence-electron chi connectivity index (χ1n) is 5.23. The van der Waals surface area contributed by atoms with Crippen LogP contribution in [0.15, 0.2) is 0 Å². The van der Waals surface area contributed by atoms with Gasteiger partial charge in [-0.2, -0.15) is 0 Å². The molecule has 2 heteroatoms. The van der Waals surface area contributed by atoms with E-state index >= 15 is 0 Å². The summed E-state index contributed by atoms with van der Waals surface area (Å²) in [4.78, 5) is 11.0. The number of hydrogen-bond acceptors (Lipinski definition) is 2. The van der Waals surface area contributed by atoms with E-state index in [0.717, 1.165) is 12.8 Å². The van der Waals surface area contributed by atoms with Crippen LogP contribution in [-0.4, -0.2) is 11.6 Å². The molecule has 0 saturated carbocycles. The third kappa shape index (κ3) is 6.62. The molecule has 0 amide bonds. The topological polar surface area (TPSA) is 26.3 Å².